The van der Waals surface area contributed by atoms with Crippen LogP contribution in [0.2, 0.25) is 0 Å². The average molecular weight is 453 g/mol. The van der Waals surface area contributed by atoms with Crippen molar-refractivity contribution >= 4 is 23.0 Å². The van der Waals surface area contributed by atoms with E-state index in [1.165, 1.54) is 33.8 Å². The van der Waals surface area contributed by atoms with Crippen molar-refractivity contribution in [2.75, 3.05) is 4.90 Å². The third kappa shape index (κ3) is 3.62. The van der Waals surface area contributed by atoms with Gasteiger partial charge >= 0.3 is 0 Å². The zero-order chi connectivity index (χ0) is 23.1. The minimum Gasteiger partial charge on any atom is -0.351 e. The molecule has 5 rings (SSSR count). The van der Waals surface area contributed by atoms with Crippen LogP contribution in [0.5, 0.6) is 0 Å². The molecule has 5 heteroatoms. The number of rotatable bonds is 4. The SMILES string of the molecule is Cc1ccc(N2C(=S)N[C@@H](c3ccccn3)[C@H]2c2c(C)c(C)n(-c3ccccc3)c2C)cc1. The maximum absolute atomic E-state index is 5.91. The summed E-state index contributed by atoms with van der Waals surface area (Å²) >= 11 is 5.91. The average Bonchev–Trinajstić information content (AvgIpc) is 3.28. The number of nitrogens with one attached hydrogen (secondary N) is 1. The minimum absolute atomic E-state index is 0.0150. The Labute approximate surface area is 200 Å². The molecule has 4 aromatic rings. The molecule has 0 bridgehead atoms. The number of anilines is 1. The number of thiocarbonyl (C=S) groups is 1. The van der Waals surface area contributed by atoms with E-state index in [1.807, 2.05) is 18.3 Å². The second-order valence-electron chi connectivity index (χ2n) is 8.71. The van der Waals surface area contributed by atoms with Crippen LogP contribution in [0.15, 0.2) is 79.0 Å². The normalized spacial score (nSPS) is 17.9. The Morgan fingerprint density at radius 1 is 0.788 bits per heavy atom. The van der Waals surface area contributed by atoms with Crippen molar-refractivity contribution in [1.82, 2.24) is 14.9 Å². The molecule has 0 unspecified atom stereocenters. The molecule has 1 saturated heterocycles. The lowest BCUT2D eigenvalue weighted by Gasteiger charge is -2.29. The van der Waals surface area contributed by atoms with Crippen molar-refractivity contribution in [3.8, 4) is 5.69 Å². The van der Waals surface area contributed by atoms with Crippen LogP contribution < -0.4 is 10.2 Å². The van der Waals surface area contributed by atoms with Crippen LogP contribution in [0.3, 0.4) is 0 Å². The lowest BCUT2D eigenvalue weighted by atomic mass is 9.93. The fraction of sp³-hybridized carbons (Fsp3) is 0.214. The van der Waals surface area contributed by atoms with Crippen molar-refractivity contribution in [2.45, 2.75) is 39.8 Å². The molecule has 0 saturated carbocycles. The van der Waals surface area contributed by atoms with E-state index in [1.54, 1.807) is 0 Å². The number of aromatic nitrogens is 2. The third-order valence-electron chi connectivity index (χ3n) is 6.73. The number of pyridine rings is 1. The van der Waals surface area contributed by atoms with Gasteiger partial charge in [0.05, 0.1) is 17.8 Å². The fourth-order valence-corrected chi connectivity index (χ4v) is 5.38. The van der Waals surface area contributed by atoms with Crippen LogP contribution >= 0.6 is 12.2 Å². The number of benzene rings is 2. The summed E-state index contributed by atoms with van der Waals surface area (Å²) in [5.74, 6) is 0. The molecule has 1 aliphatic heterocycles. The van der Waals surface area contributed by atoms with Crippen LogP contribution in [-0.2, 0) is 0 Å². The Morgan fingerprint density at radius 2 is 1.48 bits per heavy atom. The van der Waals surface area contributed by atoms with Crippen molar-refractivity contribution in [3.63, 3.8) is 0 Å². The lowest BCUT2D eigenvalue weighted by Crippen LogP contribution is -2.29. The van der Waals surface area contributed by atoms with Crippen molar-refractivity contribution in [2.24, 2.45) is 0 Å². The van der Waals surface area contributed by atoms with Gasteiger partial charge in [0.1, 0.15) is 0 Å². The summed E-state index contributed by atoms with van der Waals surface area (Å²) < 4.78 is 2.36. The Morgan fingerprint density at radius 3 is 2.15 bits per heavy atom. The van der Waals surface area contributed by atoms with Gasteiger partial charge < -0.3 is 14.8 Å². The highest BCUT2D eigenvalue weighted by molar-refractivity contribution is 7.80. The van der Waals surface area contributed by atoms with Gasteiger partial charge in [-0.05, 0) is 81.9 Å². The molecule has 0 aliphatic carbocycles. The number of hydrogen-bond donors (Lipinski definition) is 1. The van der Waals surface area contributed by atoms with Gasteiger partial charge in [0.2, 0.25) is 0 Å². The molecule has 1 fully saturated rings. The second kappa shape index (κ2) is 8.49. The van der Waals surface area contributed by atoms with Crippen molar-refractivity contribution in [1.29, 1.82) is 0 Å². The first kappa shape index (κ1) is 21.4. The molecular formula is C28H28N4S. The number of para-hydroxylation sites is 1. The molecule has 2 aromatic carbocycles. The molecule has 1 aliphatic rings. The van der Waals surface area contributed by atoms with Crippen molar-refractivity contribution in [3.05, 3.63) is 113 Å². The predicted molar refractivity (Wildman–Crippen MR) is 139 cm³/mol. The molecule has 0 amide bonds. The number of aryl methyl sites for hydroxylation is 1. The highest BCUT2D eigenvalue weighted by Crippen LogP contribution is 2.45. The monoisotopic (exact) mass is 452 g/mol. The van der Waals surface area contributed by atoms with E-state index in [0.717, 1.165) is 16.5 Å². The van der Waals surface area contributed by atoms with E-state index in [2.05, 4.69) is 103 Å². The predicted octanol–water partition coefficient (Wildman–Crippen LogP) is 6.28. The molecule has 166 valence electrons. The number of nitrogens with zero attached hydrogens (tertiary/aromatic N) is 3. The summed E-state index contributed by atoms with van der Waals surface area (Å²) in [5, 5.41) is 4.32. The van der Waals surface area contributed by atoms with E-state index in [-0.39, 0.29) is 12.1 Å². The standard InChI is InChI=1S/C28H28N4S/c1-18-13-15-23(16-14-18)32-27(26(30-28(32)33)24-12-8-9-17-29-24)25-19(2)20(3)31(21(25)4)22-10-6-5-7-11-22/h5-17,26-27H,1-4H3,(H,30,33)/t26-,27+/m0/s1. The molecule has 0 radical (unpaired) electrons. The van der Waals surface area contributed by atoms with Gasteiger partial charge in [0.15, 0.2) is 5.11 Å². The zero-order valence-corrected chi connectivity index (χ0v) is 20.2. The molecule has 0 spiro atoms. The summed E-state index contributed by atoms with van der Waals surface area (Å²) in [5.41, 5.74) is 9.53. The minimum atomic E-state index is -0.0524. The van der Waals surface area contributed by atoms with Gasteiger partial charge in [-0.3, -0.25) is 4.98 Å². The van der Waals surface area contributed by atoms with Crippen molar-refractivity contribution < 1.29 is 0 Å². The highest BCUT2D eigenvalue weighted by Gasteiger charge is 2.43. The van der Waals surface area contributed by atoms with Crippen LogP contribution in [-0.4, -0.2) is 14.7 Å². The van der Waals surface area contributed by atoms with Gasteiger partial charge in [-0.15, -0.1) is 0 Å². The summed E-state index contributed by atoms with van der Waals surface area (Å²) in [4.78, 5) is 6.97. The first-order chi connectivity index (χ1) is 16.0. The first-order valence-corrected chi connectivity index (χ1v) is 11.7. The Balaban J connectivity index is 1.72. The highest BCUT2D eigenvalue weighted by atomic mass is 32.1. The van der Waals surface area contributed by atoms with Gasteiger partial charge in [-0.1, -0.05) is 42.0 Å². The van der Waals surface area contributed by atoms with Gasteiger partial charge in [0, 0.05) is 34.5 Å². The van der Waals surface area contributed by atoms with Crippen LogP contribution in [0.25, 0.3) is 5.69 Å². The van der Waals surface area contributed by atoms with Gasteiger partial charge in [0.25, 0.3) is 0 Å². The Hall–Kier alpha value is -3.44. The largest absolute Gasteiger partial charge is 0.351 e. The third-order valence-corrected chi connectivity index (χ3v) is 7.04. The topological polar surface area (TPSA) is 33.1 Å². The van der Waals surface area contributed by atoms with Gasteiger partial charge in [-0.25, -0.2) is 0 Å². The smallest absolute Gasteiger partial charge is 0.174 e. The number of hydrogen-bond acceptors (Lipinski definition) is 2. The molecule has 2 aromatic heterocycles. The Bertz CT molecular complexity index is 1290. The second-order valence-corrected chi connectivity index (χ2v) is 9.10. The molecule has 4 nitrogen and oxygen atoms in total. The quantitative estimate of drug-likeness (QED) is 0.369. The van der Waals surface area contributed by atoms with E-state index in [4.69, 9.17) is 17.2 Å². The fourth-order valence-electron chi connectivity index (χ4n) is 5.04. The molecule has 1 N–H and O–H groups in total. The lowest BCUT2D eigenvalue weighted by molar-refractivity contribution is 0.563. The summed E-state index contributed by atoms with van der Waals surface area (Å²) in [7, 11) is 0. The molecule has 3 heterocycles. The summed E-state index contributed by atoms with van der Waals surface area (Å²) in [6.07, 6.45) is 1.85. The van der Waals surface area contributed by atoms with E-state index in [0.29, 0.717) is 0 Å². The molecular weight excluding hydrogens is 424 g/mol. The van der Waals surface area contributed by atoms with Crippen LogP contribution in [0.1, 0.15) is 45.9 Å². The maximum atomic E-state index is 5.91. The summed E-state index contributed by atoms with van der Waals surface area (Å²) in [6, 6.07) is 25.2. The Kier molecular flexibility index (Phi) is 5.51. The van der Waals surface area contributed by atoms with Crippen LogP contribution in [0.4, 0.5) is 5.69 Å². The zero-order valence-electron chi connectivity index (χ0n) is 19.4. The molecule has 2 atom stereocenters. The van der Waals surface area contributed by atoms with E-state index < -0.39 is 0 Å². The first-order valence-electron chi connectivity index (χ1n) is 11.3. The van der Waals surface area contributed by atoms with Crippen LogP contribution in [0, 0.1) is 27.7 Å². The summed E-state index contributed by atoms with van der Waals surface area (Å²) in [6.45, 7) is 8.75. The molecule has 33 heavy (non-hydrogen) atoms. The van der Waals surface area contributed by atoms with E-state index >= 15 is 0 Å². The van der Waals surface area contributed by atoms with E-state index in [9.17, 15) is 0 Å². The van der Waals surface area contributed by atoms with Gasteiger partial charge in [-0.2, -0.15) is 0 Å². The maximum Gasteiger partial charge on any atom is 0.174 e.